The van der Waals surface area contributed by atoms with Crippen LogP contribution in [0.3, 0.4) is 0 Å². The van der Waals surface area contributed by atoms with Gasteiger partial charge in [0.1, 0.15) is 0 Å². The van der Waals surface area contributed by atoms with Crippen molar-refractivity contribution in [1.29, 1.82) is 0 Å². The van der Waals surface area contributed by atoms with Gasteiger partial charge < -0.3 is 9.79 Å². The Kier molecular flexibility index (Phi) is 46.2. The Balaban J connectivity index is -0.000000195. The first kappa shape index (κ1) is 39.7. The van der Waals surface area contributed by atoms with Crippen molar-refractivity contribution in [3.8, 4) is 0 Å². The van der Waals surface area contributed by atoms with Crippen LogP contribution in [0.2, 0.25) is 0 Å². The summed E-state index contributed by atoms with van der Waals surface area (Å²) >= 11 is 0. The Morgan fingerprint density at radius 1 is 0.484 bits per heavy atom. The van der Waals surface area contributed by atoms with Gasteiger partial charge in [0, 0.05) is 0 Å². The molecule has 0 amide bonds. The molecule has 0 aliphatic heterocycles. The zero-order valence-electron chi connectivity index (χ0n) is 21.8. The molecule has 31 heavy (non-hydrogen) atoms. The van der Waals surface area contributed by atoms with E-state index in [0.717, 1.165) is 0 Å². The highest BCUT2D eigenvalue weighted by molar-refractivity contribution is 8.93. The molecule has 0 rings (SSSR count). The minimum atomic E-state index is -3.13. The number of rotatable bonds is 18. The lowest BCUT2D eigenvalue weighted by Gasteiger charge is -2.16. The fraction of sp³-hybridized carbons (Fsp3) is 1.00. The van der Waals surface area contributed by atoms with Crippen LogP contribution in [0, 0.1) is 0 Å². The number of hydrogen-bond donors (Lipinski definition) is 2. The van der Waals surface area contributed by atoms with Gasteiger partial charge in [0.25, 0.3) is 0 Å². The average Bonchev–Trinajstić information content (AvgIpc) is 2.72. The van der Waals surface area contributed by atoms with Gasteiger partial charge in [-0.25, -0.2) is 0 Å². The van der Waals surface area contributed by atoms with E-state index in [1.807, 2.05) is 0 Å². The second-order valence-electron chi connectivity index (χ2n) is 8.09. The monoisotopic (exact) mass is 566 g/mol. The van der Waals surface area contributed by atoms with E-state index >= 15 is 0 Å². The molecule has 7 heteroatoms. The molecule has 0 fully saturated rings. The van der Waals surface area contributed by atoms with Crippen LogP contribution in [-0.2, 0) is 4.57 Å². The van der Waals surface area contributed by atoms with E-state index in [1.165, 1.54) is 77.0 Å². The zero-order valence-corrected chi connectivity index (χ0v) is 26.3. The molecule has 0 aromatic rings. The summed E-state index contributed by atoms with van der Waals surface area (Å²) in [4.78, 5) is 14.3. The SMILES string of the molecule is Br.CCCCP(CCCC)CCCC.CCCCP(CCCC)CCCC.O=[PH](O)O. The third-order valence-electron chi connectivity index (χ3n) is 4.97. The van der Waals surface area contributed by atoms with Gasteiger partial charge in [-0.3, -0.25) is 4.57 Å². The summed E-state index contributed by atoms with van der Waals surface area (Å²) in [5.41, 5.74) is 0. The maximum Gasteiger partial charge on any atom is 0.314 e. The minimum Gasteiger partial charge on any atom is -0.326 e. The normalized spacial score (nSPS) is 10.4. The van der Waals surface area contributed by atoms with Gasteiger partial charge in [0.2, 0.25) is 0 Å². The highest BCUT2D eigenvalue weighted by Crippen LogP contribution is 2.39. The highest BCUT2D eigenvalue weighted by atomic mass is 79.9. The highest BCUT2D eigenvalue weighted by Gasteiger charge is 2.06. The summed E-state index contributed by atoms with van der Waals surface area (Å²) in [5.74, 6) is 0. The third kappa shape index (κ3) is 42.1. The van der Waals surface area contributed by atoms with E-state index < -0.39 is 8.25 Å². The molecule has 0 aliphatic rings. The van der Waals surface area contributed by atoms with Crippen LogP contribution < -0.4 is 0 Å². The van der Waals surface area contributed by atoms with E-state index in [4.69, 9.17) is 14.4 Å². The van der Waals surface area contributed by atoms with Crippen molar-refractivity contribution in [3.05, 3.63) is 0 Å². The Bertz CT molecular complexity index is 258. The van der Waals surface area contributed by atoms with Gasteiger partial charge in [-0.2, -0.15) is 0 Å². The Hall–Kier alpha value is 1.49. The van der Waals surface area contributed by atoms with Crippen molar-refractivity contribution < 1.29 is 14.4 Å². The van der Waals surface area contributed by atoms with Crippen LogP contribution >= 0.6 is 41.1 Å². The smallest absolute Gasteiger partial charge is 0.314 e. The second-order valence-corrected chi connectivity index (χ2v) is 14.0. The molecule has 3 nitrogen and oxygen atoms in total. The quantitative estimate of drug-likeness (QED) is 0.162. The summed E-state index contributed by atoms with van der Waals surface area (Å²) < 4.78 is 8.74. The molecule has 0 spiro atoms. The number of hydrogen-bond acceptors (Lipinski definition) is 1. The Morgan fingerprint density at radius 2 is 0.613 bits per heavy atom. The van der Waals surface area contributed by atoms with Crippen LogP contribution in [0.25, 0.3) is 0 Å². The predicted molar refractivity (Wildman–Crippen MR) is 156 cm³/mol. The lowest BCUT2D eigenvalue weighted by Crippen LogP contribution is -1.95. The van der Waals surface area contributed by atoms with Crippen molar-refractivity contribution in [2.75, 3.05) is 37.0 Å². The van der Waals surface area contributed by atoms with Crippen LogP contribution in [0.1, 0.15) is 119 Å². The molecule has 0 heterocycles. The lowest BCUT2D eigenvalue weighted by atomic mass is 10.4. The summed E-state index contributed by atoms with van der Waals surface area (Å²) in [7, 11) is -2.29. The van der Waals surface area contributed by atoms with Gasteiger partial charge in [0.15, 0.2) is 0 Å². The summed E-state index contributed by atoms with van der Waals surface area (Å²) in [6.45, 7) is 13.9. The molecule has 0 bridgehead atoms. The Morgan fingerprint density at radius 3 is 0.710 bits per heavy atom. The molecule has 194 valence electrons. The minimum absolute atomic E-state index is 0. The van der Waals surface area contributed by atoms with Crippen molar-refractivity contribution in [3.63, 3.8) is 0 Å². The van der Waals surface area contributed by atoms with Crippen molar-refractivity contribution in [2.45, 2.75) is 119 Å². The molecule has 0 saturated carbocycles. The maximum absolute atomic E-state index is 8.74. The first-order chi connectivity index (χ1) is 14.4. The summed E-state index contributed by atoms with van der Waals surface area (Å²) in [5, 5.41) is 0. The summed E-state index contributed by atoms with van der Waals surface area (Å²) in [6.07, 6.45) is 26.4. The van der Waals surface area contributed by atoms with Crippen LogP contribution in [0.5, 0.6) is 0 Å². The van der Waals surface area contributed by atoms with Crippen LogP contribution in [0.4, 0.5) is 0 Å². The number of halogens is 1. The molecule has 0 radical (unpaired) electrons. The number of unbranched alkanes of at least 4 members (excludes halogenated alkanes) is 6. The van der Waals surface area contributed by atoms with E-state index in [2.05, 4.69) is 41.5 Å². The lowest BCUT2D eigenvalue weighted by molar-refractivity contribution is 0.405. The molecular weight excluding hydrogens is 509 g/mol. The van der Waals surface area contributed by atoms with Crippen LogP contribution in [0.15, 0.2) is 0 Å². The molecule has 2 N–H and O–H groups in total. The van der Waals surface area contributed by atoms with Gasteiger partial charge in [-0.05, 0) is 75.5 Å². The summed E-state index contributed by atoms with van der Waals surface area (Å²) in [6, 6.07) is 0. The Labute approximate surface area is 210 Å². The largest absolute Gasteiger partial charge is 0.326 e. The second kappa shape index (κ2) is 36.1. The van der Waals surface area contributed by atoms with Crippen molar-refractivity contribution in [1.82, 2.24) is 0 Å². The van der Waals surface area contributed by atoms with E-state index in [-0.39, 0.29) is 17.0 Å². The maximum atomic E-state index is 8.74. The molecular formula is C24H58BrO3P3. The van der Waals surface area contributed by atoms with Gasteiger partial charge in [0.05, 0.1) is 0 Å². The van der Waals surface area contributed by atoms with Gasteiger partial charge >= 0.3 is 8.25 Å². The first-order valence-corrected chi connectivity index (χ1v) is 17.9. The molecule has 0 unspecified atom stereocenters. The van der Waals surface area contributed by atoms with Gasteiger partial charge in [-0.1, -0.05) is 80.1 Å². The molecule has 0 atom stereocenters. The molecule has 0 aromatic carbocycles. The topological polar surface area (TPSA) is 57.5 Å². The van der Waals surface area contributed by atoms with Crippen molar-refractivity contribution in [2.24, 2.45) is 0 Å². The van der Waals surface area contributed by atoms with Crippen LogP contribution in [-0.4, -0.2) is 46.8 Å². The molecule has 0 aromatic heterocycles. The fourth-order valence-corrected chi connectivity index (χ4v) is 8.88. The zero-order chi connectivity index (χ0) is 23.5. The fourth-order valence-electron chi connectivity index (χ4n) is 2.96. The predicted octanol–water partition coefficient (Wildman–Crippen LogP) is 9.68. The van der Waals surface area contributed by atoms with E-state index in [1.54, 1.807) is 37.0 Å². The third-order valence-corrected chi connectivity index (χ3v) is 10.7. The van der Waals surface area contributed by atoms with Gasteiger partial charge in [-0.15, -0.1) is 32.8 Å². The first-order valence-electron chi connectivity index (χ1n) is 12.8. The average molecular weight is 568 g/mol. The van der Waals surface area contributed by atoms with E-state index in [0.29, 0.717) is 15.8 Å². The standard InChI is InChI=1S/2C12H27P.BrH.H3O3P/c2*1-4-7-10-13(11-8-5-2)12-9-6-3;;1-4(2)3/h2*4-12H2,1-3H3;1H;4H,(H2,1,2,3). The molecule has 0 aliphatic carbocycles. The van der Waals surface area contributed by atoms with Crippen molar-refractivity contribution >= 4 is 41.1 Å². The van der Waals surface area contributed by atoms with E-state index in [9.17, 15) is 0 Å². The molecule has 0 saturated heterocycles.